The predicted molar refractivity (Wildman–Crippen MR) is 131 cm³/mol. The minimum absolute atomic E-state index is 0.0788. The number of hydrogen-bond acceptors (Lipinski definition) is 5. The molecule has 0 radical (unpaired) electrons. The van der Waals surface area contributed by atoms with Crippen molar-refractivity contribution in [3.8, 4) is 0 Å². The van der Waals surface area contributed by atoms with Crippen molar-refractivity contribution in [3.05, 3.63) is 65.2 Å². The maximum atomic E-state index is 13.3. The van der Waals surface area contributed by atoms with Gasteiger partial charge in [0.2, 0.25) is 10.0 Å². The van der Waals surface area contributed by atoms with E-state index in [-0.39, 0.29) is 23.1 Å². The molecule has 1 saturated heterocycles. The first-order chi connectivity index (χ1) is 16.3. The molecule has 0 unspecified atom stereocenters. The van der Waals surface area contributed by atoms with Gasteiger partial charge < -0.3 is 9.80 Å². The van der Waals surface area contributed by atoms with Gasteiger partial charge in [-0.15, -0.1) is 0 Å². The van der Waals surface area contributed by atoms with Crippen molar-refractivity contribution >= 4 is 21.7 Å². The maximum Gasteiger partial charge on any atom is 0.254 e. The molecule has 0 aromatic heterocycles. The van der Waals surface area contributed by atoms with Gasteiger partial charge in [-0.3, -0.25) is 9.59 Å². The first kappa shape index (κ1) is 24.6. The molecule has 4 rings (SSSR count). The van der Waals surface area contributed by atoms with E-state index in [0.29, 0.717) is 23.2 Å². The zero-order valence-corrected chi connectivity index (χ0v) is 20.7. The molecule has 1 aliphatic heterocycles. The molecule has 0 atom stereocenters. The van der Waals surface area contributed by atoms with Gasteiger partial charge in [0.1, 0.15) is 0 Å². The van der Waals surface area contributed by atoms with Crippen molar-refractivity contribution < 1.29 is 18.0 Å². The van der Waals surface area contributed by atoms with E-state index in [1.807, 2.05) is 0 Å². The number of Topliss-reactive ketones (excluding diaryl/α,β-unsaturated/α-hetero) is 1. The third-order valence-corrected chi connectivity index (χ3v) is 8.23. The van der Waals surface area contributed by atoms with Gasteiger partial charge in [-0.05, 0) is 69.0 Å². The summed E-state index contributed by atoms with van der Waals surface area (Å²) in [6, 6.07) is 13.7. The van der Waals surface area contributed by atoms with E-state index in [4.69, 9.17) is 0 Å². The van der Waals surface area contributed by atoms with E-state index in [2.05, 4.69) is 21.4 Å². The lowest BCUT2D eigenvalue weighted by molar-refractivity contribution is 0.0554. The highest BCUT2D eigenvalue weighted by Crippen LogP contribution is 2.33. The van der Waals surface area contributed by atoms with Crippen LogP contribution in [0.1, 0.15) is 65.8 Å². The Hall–Kier alpha value is -2.55. The Balaban J connectivity index is 1.38. The highest BCUT2D eigenvalue weighted by Gasteiger charge is 2.38. The molecule has 1 heterocycles. The quantitative estimate of drug-likeness (QED) is 0.552. The fourth-order valence-electron chi connectivity index (χ4n) is 4.54. The number of likely N-dealkylation sites (tertiary alicyclic amines) is 1. The highest BCUT2D eigenvalue weighted by atomic mass is 32.2. The molecule has 2 aliphatic rings. The van der Waals surface area contributed by atoms with Crippen LogP contribution in [0, 0.1) is 0 Å². The summed E-state index contributed by atoms with van der Waals surface area (Å²) in [6.45, 7) is 6.86. The van der Waals surface area contributed by atoms with Gasteiger partial charge in [0, 0.05) is 42.8 Å². The van der Waals surface area contributed by atoms with E-state index >= 15 is 0 Å². The minimum Gasteiger partial charge on any atom is -0.333 e. The molecule has 1 N–H and O–H groups in total. The van der Waals surface area contributed by atoms with E-state index < -0.39 is 10.0 Å². The van der Waals surface area contributed by atoms with Crippen LogP contribution in [0.4, 0.5) is 0 Å². The third-order valence-electron chi connectivity index (χ3n) is 6.81. The average Bonchev–Trinajstić information content (AvgIpc) is 3.69. The lowest BCUT2D eigenvalue weighted by Gasteiger charge is -2.38. The Bertz CT molecular complexity index is 1120. The van der Waals surface area contributed by atoms with E-state index in [9.17, 15) is 18.0 Å². The van der Waals surface area contributed by atoms with Crippen molar-refractivity contribution in [2.24, 2.45) is 0 Å². The van der Waals surface area contributed by atoms with Crippen molar-refractivity contribution in [3.63, 3.8) is 0 Å². The molecule has 0 spiro atoms. The molecule has 182 valence electrons. The zero-order chi connectivity index (χ0) is 24.3. The summed E-state index contributed by atoms with van der Waals surface area (Å²) >= 11 is 0. The normalized spacial score (nSPS) is 17.5. The number of sulfonamides is 1. The summed E-state index contributed by atoms with van der Waals surface area (Å²) in [7, 11) is -3.71. The van der Waals surface area contributed by atoms with Crippen molar-refractivity contribution in [1.29, 1.82) is 0 Å². The second-order valence-corrected chi connectivity index (χ2v) is 11.0. The molecule has 2 aromatic carbocycles. The van der Waals surface area contributed by atoms with E-state index in [0.717, 1.165) is 50.9 Å². The summed E-state index contributed by atoms with van der Waals surface area (Å²) in [4.78, 5) is 29.4. The van der Waals surface area contributed by atoms with Gasteiger partial charge in [-0.25, -0.2) is 13.1 Å². The number of carbonyl (C=O) groups excluding carboxylic acids is 2. The van der Waals surface area contributed by atoms with E-state index in [1.54, 1.807) is 24.3 Å². The summed E-state index contributed by atoms with van der Waals surface area (Å²) in [5.74, 6) is -0.0339. The topological polar surface area (TPSA) is 86.8 Å². The maximum absolute atomic E-state index is 13.3. The molecule has 7 nitrogen and oxygen atoms in total. The Labute approximate surface area is 202 Å². The fraction of sp³-hybridized carbons (Fsp3) is 0.462. The van der Waals surface area contributed by atoms with Crippen LogP contribution in [0.15, 0.2) is 53.4 Å². The summed E-state index contributed by atoms with van der Waals surface area (Å²) in [5, 5.41) is 0. The second kappa shape index (κ2) is 10.4. The van der Waals surface area contributed by atoms with Crippen LogP contribution in [0.25, 0.3) is 0 Å². The number of rotatable bonds is 9. The number of carbonyl (C=O) groups is 2. The second-order valence-electron chi connectivity index (χ2n) is 9.21. The molecule has 2 fully saturated rings. The lowest BCUT2D eigenvalue weighted by atomic mass is 10.0. The molecule has 0 bridgehead atoms. The Kier molecular flexibility index (Phi) is 7.50. The Morgan fingerprint density at radius 2 is 1.47 bits per heavy atom. The van der Waals surface area contributed by atoms with Gasteiger partial charge in [-0.2, -0.15) is 0 Å². The van der Waals surface area contributed by atoms with Crippen LogP contribution >= 0.6 is 0 Å². The molecular formula is C26H33N3O4S. The molecular weight excluding hydrogens is 450 g/mol. The zero-order valence-electron chi connectivity index (χ0n) is 19.9. The van der Waals surface area contributed by atoms with Crippen LogP contribution in [0.2, 0.25) is 0 Å². The molecule has 1 amide bonds. The SMILES string of the molecule is CCN1CCC(N(C(=O)c2ccc(CNS(=O)(=O)c3ccc(C(C)=O)cc3)cc2)C2CC2)CC1. The number of ketones is 1. The van der Waals surface area contributed by atoms with Gasteiger partial charge in [0.05, 0.1) is 4.90 Å². The van der Waals surface area contributed by atoms with Crippen LogP contribution in [0.3, 0.4) is 0 Å². The first-order valence-corrected chi connectivity index (χ1v) is 13.5. The fourth-order valence-corrected chi connectivity index (χ4v) is 5.56. The van der Waals surface area contributed by atoms with Crippen LogP contribution in [-0.2, 0) is 16.6 Å². The van der Waals surface area contributed by atoms with Gasteiger partial charge in [0.15, 0.2) is 5.78 Å². The number of hydrogen-bond donors (Lipinski definition) is 1. The Morgan fingerprint density at radius 1 is 0.912 bits per heavy atom. The number of amides is 1. The largest absolute Gasteiger partial charge is 0.333 e. The molecule has 34 heavy (non-hydrogen) atoms. The monoisotopic (exact) mass is 483 g/mol. The number of nitrogens with zero attached hydrogens (tertiary/aromatic N) is 2. The standard InChI is InChI=1S/C26H33N3O4S/c1-3-28-16-14-24(15-17-28)29(23-10-11-23)26(31)22-6-4-20(5-7-22)18-27-34(32,33)25-12-8-21(9-13-25)19(2)30/h4-9,12-13,23-24,27H,3,10-11,14-18H2,1-2H3. The average molecular weight is 484 g/mol. The van der Waals surface area contributed by atoms with Crippen LogP contribution < -0.4 is 4.72 Å². The molecule has 1 aliphatic carbocycles. The number of nitrogens with one attached hydrogen (secondary N) is 1. The summed E-state index contributed by atoms with van der Waals surface area (Å²) in [6.07, 6.45) is 4.19. The van der Waals surface area contributed by atoms with Gasteiger partial charge >= 0.3 is 0 Å². The molecule has 8 heteroatoms. The van der Waals surface area contributed by atoms with E-state index in [1.165, 1.54) is 31.2 Å². The smallest absolute Gasteiger partial charge is 0.254 e. The summed E-state index contributed by atoms with van der Waals surface area (Å²) in [5.41, 5.74) is 1.89. The van der Waals surface area contributed by atoms with Crippen LogP contribution in [0.5, 0.6) is 0 Å². The number of benzene rings is 2. The van der Waals surface area contributed by atoms with Crippen molar-refractivity contribution in [2.45, 2.75) is 63.1 Å². The third kappa shape index (κ3) is 5.74. The minimum atomic E-state index is -3.71. The molecule has 2 aromatic rings. The highest BCUT2D eigenvalue weighted by molar-refractivity contribution is 7.89. The van der Waals surface area contributed by atoms with Crippen LogP contribution in [-0.4, -0.2) is 61.6 Å². The predicted octanol–water partition coefficient (Wildman–Crippen LogP) is 3.46. The number of piperidine rings is 1. The van der Waals surface area contributed by atoms with Gasteiger partial charge in [0.25, 0.3) is 5.91 Å². The first-order valence-electron chi connectivity index (χ1n) is 12.0. The lowest BCUT2D eigenvalue weighted by Crippen LogP contribution is -2.48. The van der Waals surface area contributed by atoms with Gasteiger partial charge in [-0.1, -0.05) is 31.2 Å². The Morgan fingerprint density at radius 3 is 2.00 bits per heavy atom. The summed E-state index contributed by atoms with van der Waals surface area (Å²) < 4.78 is 27.8. The van der Waals surface area contributed by atoms with Crippen molar-refractivity contribution in [1.82, 2.24) is 14.5 Å². The van der Waals surface area contributed by atoms with Crippen molar-refractivity contribution in [2.75, 3.05) is 19.6 Å². The molecule has 1 saturated carbocycles.